The zero-order chi connectivity index (χ0) is 19.6. The first-order valence-corrected chi connectivity index (χ1v) is 10.2. The van der Waals surface area contributed by atoms with E-state index in [1.165, 1.54) is 11.1 Å². The van der Waals surface area contributed by atoms with E-state index in [4.69, 9.17) is 14.6 Å². The van der Waals surface area contributed by atoms with E-state index in [2.05, 4.69) is 31.2 Å². The molecule has 5 heteroatoms. The number of carboxylic acid groups (broad SMARTS) is 1. The summed E-state index contributed by atoms with van der Waals surface area (Å²) in [6.07, 6.45) is 2.19. The third-order valence-corrected chi connectivity index (χ3v) is 5.34. The molecule has 146 valence electrons. The highest BCUT2D eigenvalue weighted by Crippen LogP contribution is 2.27. The van der Waals surface area contributed by atoms with Crippen molar-refractivity contribution in [1.29, 1.82) is 0 Å². The maximum absolute atomic E-state index is 10.6. The highest BCUT2D eigenvalue weighted by atomic mass is 32.2. The van der Waals surface area contributed by atoms with Gasteiger partial charge in [0, 0.05) is 17.3 Å². The lowest BCUT2D eigenvalue weighted by Crippen LogP contribution is -2.17. The Hall–Kier alpha value is -1.98. The fourth-order valence-electron chi connectivity index (χ4n) is 2.74. The van der Waals surface area contributed by atoms with Crippen molar-refractivity contribution in [3.05, 3.63) is 59.2 Å². The molecule has 2 rings (SSSR count). The number of rotatable bonds is 11. The molecule has 0 amide bonds. The molecular weight excluding hydrogens is 360 g/mol. The molecule has 0 radical (unpaired) electrons. The predicted octanol–water partition coefficient (Wildman–Crippen LogP) is 4.90. The molecular formula is C22H28O4S. The summed E-state index contributed by atoms with van der Waals surface area (Å²) in [4.78, 5) is 11.8. The van der Waals surface area contributed by atoms with Crippen molar-refractivity contribution < 1.29 is 19.4 Å². The summed E-state index contributed by atoms with van der Waals surface area (Å²) in [5.41, 5.74) is 3.56. The molecule has 1 atom stereocenters. The molecule has 1 N–H and O–H groups in total. The molecule has 2 aromatic rings. The maximum atomic E-state index is 10.6. The fraction of sp³-hybridized carbons (Fsp3) is 0.409. The average Bonchev–Trinajstić information content (AvgIpc) is 2.64. The Balaban J connectivity index is 1.87. The molecule has 0 saturated carbocycles. The van der Waals surface area contributed by atoms with Crippen molar-refractivity contribution >= 4 is 17.7 Å². The number of carboxylic acids is 1. The van der Waals surface area contributed by atoms with Crippen LogP contribution in [-0.2, 0) is 16.0 Å². The van der Waals surface area contributed by atoms with Gasteiger partial charge in [0.1, 0.15) is 5.75 Å². The van der Waals surface area contributed by atoms with Gasteiger partial charge in [0.2, 0.25) is 0 Å². The van der Waals surface area contributed by atoms with Crippen LogP contribution in [0.2, 0.25) is 0 Å². The number of carbonyl (C=O) groups is 1. The van der Waals surface area contributed by atoms with Gasteiger partial charge in [0.25, 0.3) is 0 Å². The number of hydrogen-bond acceptors (Lipinski definition) is 4. The second-order valence-electron chi connectivity index (χ2n) is 6.52. The summed E-state index contributed by atoms with van der Waals surface area (Å²) in [5.74, 6) is 0.525. The number of ether oxygens (including phenoxy) is 2. The van der Waals surface area contributed by atoms with Gasteiger partial charge in [-0.3, -0.25) is 0 Å². The van der Waals surface area contributed by atoms with Crippen molar-refractivity contribution in [2.45, 2.75) is 44.6 Å². The molecule has 0 bridgehead atoms. The normalized spacial score (nSPS) is 12.0. The second-order valence-corrected chi connectivity index (χ2v) is 7.62. The van der Waals surface area contributed by atoms with Crippen LogP contribution >= 0.6 is 11.8 Å². The van der Waals surface area contributed by atoms with E-state index in [9.17, 15) is 4.79 Å². The number of benzene rings is 2. The van der Waals surface area contributed by atoms with Gasteiger partial charge in [-0.15, -0.1) is 11.8 Å². The van der Waals surface area contributed by atoms with Gasteiger partial charge in [0.05, 0.1) is 6.10 Å². The lowest BCUT2D eigenvalue weighted by molar-refractivity contribution is -0.139. The van der Waals surface area contributed by atoms with Gasteiger partial charge < -0.3 is 14.6 Å². The SMILES string of the molecule is CCOC(CCc1ccc(C)cc1)CSc1ccc(OCC(=O)O)c(C)c1. The monoisotopic (exact) mass is 388 g/mol. The molecule has 0 aliphatic carbocycles. The van der Waals surface area contributed by atoms with E-state index in [1.54, 1.807) is 11.8 Å². The first-order chi connectivity index (χ1) is 13.0. The summed E-state index contributed by atoms with van der Waals surface area (Å²) < 4.78 is 11.2. The lowest BCUT2D eigenvalue weighted by atomic mass is 10.1. The van der Waals surface area contributed by atoms with Crippen molar-refractivity contribution in [1.82, 2.24) is 0 Å². The third-order valence-electron chi connectivity index (χ3n) is 4.21. The minimum atomic E-state index is -0.971. The van der Waals surface area contributed by atoms with Gasteiger partial charge in [-0.05, 0) is 62.9 Å². The Kier molecular flexibility index (Phi) is 8.69. The minimum absolute atomic E-state index is 0.199. The first kappa shape index (κ1) is 21.3. The van der Waals surface area contributed by atoms with Crippen molar-refractivity contribution in [2.75, 3.05) is 19.0 Å². The number of aliphatic carboxylic acids is 1. The van der Waals surface area contributed by atoms with E-state index in [0.29, 0.717) is 12.4 Å². The Morgan fingerprint density at radius 1 is 1.15 bits per heavy atom. The third kappa shape index (κ3) is 7.65. The Morgan fingerprint density at radius 3 is 2.52 bits per heavy atom. The Bertz CT molecular complexity index is 728. The fourth-order valence-corrected chi connectivity index (χ4v) is 3.80. The zero-order valence-corrected chi connectivity index (χ0v) is 17.1. The van der Waals surface area contributed by atoms with Crippen LogP contribution in [0, 0.1) is 13.8 Å². The van der Waals surface area contributed by atoms with Crippen molar-refractivity contribution in [2.24, 2.45) is 0 Å². The summed E-state index contributed by atoms with van der Waals surface area (Å²) in [6.45, 7) is 6.45. The molecule has 4 nitrogen and oxygen atoms in total. The molecule has 1 unspecified atom stereocenters. The predicted molar refractivity (Wildman–Crippen MR) is 110 cm³/mol. The maximum Gasteiger partial charge on any atom is 0.341 e. The summed E-state index contributed by atoms with van der Waals surface area (Å²) in [5, 5.41) is 8.72. The molecule has 0 aliphatic heterocycles. The van der Waals surface area contributed by atoms with Crippen molar-refractivity contribution in [3.8, 4) is 5.75 Å². The second kappa shape index (κ2) is 11.0. The minimum Gasteiger partial charge on any atom is -0.482 e. The van der Waals surface area contributed by atoms with Crippen molar-refractivity contribution in [3.63, 3.8) is 0 Å². The van der Waals surface area contributed by atoms with E-state index in [1.807, 2.05) is 32.0 Å². The van der Waals surface area contributed by atoms with E-state index >= 15 is 0 Å². The number of aryl methyl sites for hydroxylation is 3. The van der Waals surface area contributed by atoms with Crippen LogP contribution < -0.4 is 4.74 Å². The van der Waals surface area contributed by atoms with Crippen LogP contribution in [-0.4, -0.2) is 36.1 Å². The molecule has 0 saturated heterocycles. The van der Waals surface area contributed by atoms with Gasteiger partial charge in [-0.25, -0.2) is 4.79 Å². The van der Waals surface area contributed by atoms with Crippen LogP contribution in [0.4, 0.5) is 0 Å². The van der Waals surface area contributed by atoms with E-state index in [0.717, 1.165) is 29.1 Å². The first-order valence-electron chi connectivity index (χ1n) is 9.23. The average molecular weight is 389 g/mol. The van der Waals surface area contributed by atoms with Gasteiger partial charge in [-0.2, -0.15) is 0 Å². The molecule has 2 aromatic carbocycles. The van der Waals surface area contributed by atoms with E-state index in [-0.39, 0.29) is 12.7 Å². The lowest BCUT2D eigenvalue weighted by Gasteiger charge is -2.17. The number of hydrogen-bond donors (Lipinski definition) is 1. The standard InChI is InChI=1S/C22H28O4S/c1-4-25-19(10-9-18-7-5-16(2)6-8-18)15-27-20-11-12-21(17(3)13-20)26-14-22(23)24/h5-8,11-13,19H,4,9-10,14-15H2,1-3H3,(H,23,24). The number of thioether (sulfide) groups is 1. The topological polar surface area (TPSA) is 55.8 Å². The Morgan fingerprint density at radius 2 is 1.89 bits per heavy atom. The molecule has 0 fully saturated rings. The van der Waals surface area contributed by atoms with Crippen LogP contribution in [0.25, 0.3) is 0 Å². The largest absolute Gasteiger partial charge is 0.482 e. The summed E-state index contributed by atoms with van der Waals surface area (Å²) >= 11 is 1.76. The van der Waals surface area contributed by atoms with Crippen LogP contribution in [0.5, 0.6) is 5.75 Å². The summed E-state index contributed by atoms with van der Waals surface area (Å²) in [6, 6.07) is 14.5. The zero-order valence-electron chi connectivity index (χ0n) is 16.2. The van der Waals surface area contributed by atoms with E-state index < -0.39 is 5.97 Å². The Labute approximate surface area is 165 Å². The van der Waals surface area contributed by atoms with Gasteiger partial charge in [0.15, 0.2) is 6.61 Å². The quantitative estimate of drug-likeness (QED) is 0.555. The van der Waals surface area contributed by atoms with Gasteiger partial charge >= 0.3 is 5.97 Å². The molecule has 0 aliphatic rings. The van der Waals surface area contributed by atoms with Gasteiger partial charge in [-0.1, -0.05) is 29.8 Å². The van der Waals surface area contributed by atoms with Crippen LogP contribution in [0.15, 0.2) is 47.4 Å². The molecule has 27 heavy (non-hydrogen) atoms. The smallest absolute Gasteiger partial charge is 0.341 e. The molecule has 0 spiro atoms. The van der Waals surface area contributed by atoms with Crippen LogP contribution in [0.3, 0.4) is 0 Å². The molecule has 0 heterocycles. The highest BCUT2D eigenvalue weighted by Gasteiger charge is 2.11. The summed E-state index contributed by atoms with van der Waals surface area (Å²) in [7, 11) is 0. The highest BCUT2D eigenvalue weighted by molar-refractivity contribution is 7.99. The van der Waals surface area contributed by atoms with Crippen LogP contribution in [0.1, 0.15) is 30.0 Å². The molecule has 0 aromatic heterocycles.